The highest BCUT2D eigenvalue weighted by Gasteiger charge is 2.28. The van der Waals surface area contributed by atoms with Gasteiger partial charge >= 0.3 is 0 Å². The number of nitrogens with zero attached hydrogens (tertiary/aromatic N) is 1. The van der Waals surface area contributed by atoms with E-state index in [0.29, 0.717) is 25.3 Å². The number of ether oxygens (including phenoxy) is 1. The Bertz CT molecular complexity index is 848. The fourth-order valence-electron chi connectivity index (χ4n) is 3.32. The fraction of sp³-hybridized carbons (Fsp3) is 0.417. The summed E-state index contributed by atoms with van der Waals surface area (Å²) in [4.78, 5) is 27.4. The monoisotopic (exact) mass is 396 g/mol. The largest absolute Gasteiger partial charge is 0.483 e. The Morgan fingerprint density at radius 3 is 2.45 bits per heavy atom. The van der Waals surface area contributed by atoms with Crippen LogP contribution in [0.4, 0.5) is 0 Å². The van der Waals surface area contributed by atoms with Crippen molar-refractivity contribution in [3.05, 3.63) is 64.7 Å². The van der Waals surface area contributed by atoms with Crippen LogP contribution in [0.15, 0.2) is 42.5 Å². The predicted molar refractivity (Wildman–Crippen MR) is 116 cm³/mol. The smallest absolute Gasteiger partial charge is 0.261 e. The topological polar surface area (TPSA) is 58.6 Å². The lowest BCUT2D eigenvalue weighted by molar-refractivity contribution is -0.142. The highest BCUT2D eigenvalue weighted by atomic mass is 16.5. The third kappa shape index (κ3) is 6.08. The lowest BCUT2D eigenvalue weighted by Crippen LogP contribution is -2.50. The molecular formula is C24H32N2O3. The molecule has 0 radical (unpaired) electrons. The molecule has 0 bridgehead atoms. The number of likely N-dealkylation sites (N-methyl/N-ethyl adjacent to an activating group) is 1. The molecule has 2 aromatic carbocycles. The summed E-state index contributed by atoms with van der Waals surface area (Å²) in [5, 5.41) is 2.85. The summed E-state index contributed by atoms with van der Waals surface area (Å²) in [5.74, 6) is 0.355. The summed E-state index contributed by atoms with van der Waals surface area (Å²) in [6, 6.07) is 13.2. The van der Waals surface area contributed by atoms with E-state index in [4.69, 9.17) is 4.74 Å². The molecule has 0 aliphatic rings. The molecule has 0 saturated heterocycles. The van der Waals surface area contributed by atoms with Gasteiger partial charge in [-0.1, -0.05) is 48.9 Å². The first-order valence-electron chi connectivity index (χ1n) is 10.2. The lowest BCUT2D eigenvalue weighted by atomic mass is 10.1. The SMILES string of the molecule is CCNC(=O)[C@@H](CC)N(Cc1cccc(C)c1)C(=O)COc1cccc(C)c1C. The van der Waals surface area contributed by atoms with E-state index in [2.05, 4.69) is 5.32 Å². The van der Waals surface area contributed by atoms with Crippen molar-refractivity contribution < 1.29 is 14.3 Å². The highest BCUT2D eigenvalue weighted by molar-refractivity contribution is 5.88. The van der Waals surface area contributed by atoms with Gasteiger partial charge in [-0.25, -0.2) is 0 Å². The molecule has 0 fully saturated rings. The van der Waals surface area contributed by atoms with E-state index >= 15 is 0 Å². The first-order chi connectivity index (χ1) is 13.9. The summed E-state index contributed by atoms with van der Waals surface area (Å²) in [6.07, 6.45) is 0.535. The first kappa shape index (κ1) is 22.5. The van der Waals surface area contributed by atoms with Gasteiger partial charge in [-0.15, -0.1) is 0 Å². The Hall–Kier alpha value is -2.82. The van der Waals surface area contributed by atoms with Gasteiger partial charge in [-0.2, -0.15) is 0 Å². The van der Waals surface area contributed by atoms with Gasteiger partial charge in [0.25, 0.3) is 5.91 Å². The van der Waals surface area contributed by atoms with Crippen LogP contribution >= 0.6 is 0 Å². The molecule has 156 valence electrons. The summed E-state index contributed by atoms with van der Waals surface area (Å²) in [7, 11) is 0. The van der Waals surface area contributed by atoms with Crippen molar-refractivity contribution in [1.29, 1.82) is 0 Å². The van der Waals surface area contributed by atoms with Gasteiger partial charge in [0.2, 0.25) is 5.91 Å². The van der Waals surface area contributed by atoms with Gasteiger partial charge in [0, 0.05) is 13.1 Å². The Morgan fingerprint density at radius 1 is 1.07 bits per heavy atom. The second kappa shape index (κ2) is 10.6. The lowest BCUT2D eigenvalue weighted by Gasteiger charge is -2.30. The van der Waals surface area contributed by atoms with Gasteiger partial charge in [0.1, 0.15) is 11.8 Å². The van der Waals surface area contributed by atoms with Gasteiger partial charge in [0.05, 0.1) is 0 Å². The second-order valence-electron chi connectivity index (χ2n) is 7.32. The van der Waals surface area contributed by atoms with Crippen molar-refractivity contribution in [2.45, 2.75) is 53.6 Å². The minimum atomic E-state index is -0.537. The third-order valence-corrected chi connectivity index (χ3v) is 5.08. The molecule has 29 heavy (non-hydrogen) atoms. The van der Waals surface area contributed by atoms with Crippen molar-refractivity contribution in [2.24, 2.45) is 0 Å². The van der Waals surface area contributed by atoms with Crippen LogP contribution in [0.2, 0.25) is 0 Å². The zero-order chi connectivity index (χ0) is 21.4. The summed E-state index contributed by atoms with van der Waals surface area (Å²) < 4.78 is 5.83. The van der Waals surface area contributed by atoms with E-state index in [1.165, 1.54) is 0 Å². The Labute approximate surface area is 174 Å². The van der Waals surface area contributed by atoms with E-state index in [9.17, 15) is 9.59 Å². The van der Waals surface area contributed by atoms with Crippen molar-refractivity contribution in [3.63, 3.8) is 0 Å². The maximum absolute atomic E-state index is 13.1. The number of carbonyl (C=O) groups excluding carboxylic acids is 2. The number of carbonyl (C=O) groups is 2. The van der Waals surface area contributed by atoms with Gasteiger partial charge in [-0.05, 0) is 56.9 Å². The quantitative estimate of drug-likeness (QED) is 0.699. The second-order valence-corrected chi connectivity index (χ2v) is 7.32. The van der Waals surface area contributed by atoms with Crippen LogP contribution in [-0.2, 0) is 16.1 Å². The molecule has 2 aromatic rings. The van der Waals surface area contributed by atoms with E-state index in [1.54, 1.807) is 4.90 Å². The molecule has 5 nitrogen and oxygen atoms in total. The molecule has 5 heteroatoms. The van der Waals surface area contributed by atoms with Crippen molar-refractivity contribution >= 4 is 11.8 Å². The Balaban J connectivity index is 2.23. The summed E-state index contributed by atoms with van der Waals surface area (Å²) in [6.45, 7) is 10.6. The Kier molecular flexibility index (Phi) is 8.25. The van der Waals surface area contributed by atoms with Crippen molar-refractivity contribution in [2.75, 3.05) is 13.2 Å². The third-order valence-electron chi connectivity index (χ3n) is 5.08. The van der Waals surface area contributed by atoms with Crippen LogP contribution in [0.1, 0.15) is 42.5 Å². The first-order valence-corrected chi connectivity index (χ1v) is 10.2. The zero-order valence-corrected chi connectivity index (χ0v) is 18.1. The van der Waals surface area contributed by atoms with Gasteiger partial charge < -0.3 is 15.0 Å². The summed E-state index contributed by atoms with van der Waals surface area (Å²) >= 11 is 0. The highest BCUT2D eigenvalue weighted by Crippen LogP contribution is 2.21. The Morgan fingerprint density at radius 2 is 1.79 bits per heavy atom. The molecule has 1 N–H and O–H groups in total. The number of amides is 2. The number of nitrogens with one attached hydrogen (secondary N) is 1. The molecule has 2 rings (SSSR count). The van der Waals surface area contributed by atoms with Crippen LogP contribution in [0, 0.1) is 20.8 Å². The van der Waals surface area contributed by atoms with E-state index in [1.807, 2.05) is 77.1 Å². The van der Waals surface area contributed by atoms with E-state index in [0.717, 1.165) is 22.3 Å². The molecule has 2 amide bonds. The average molecular weight is 397 g/mol. The van der Waals surface area contributed by atoms with Crippen LogP contribution in [0.5, 0.6) is 5.75 Å². The normalized spacial score (nSPS) is 11.6. The van der Waals surface area contributed by atoms with Crippen LogP contribution in [0.25, 0.3) is 0 Å². The molecule has 0 spiro atoms. The van der Waals surface area contributed by atoms with Crippen LogP contribution in [0.3, 0.4) is 0 Å². The van der Waals surface area contributed by atoms with Gasteiger partial charge in [-0.3, -0.25) is 9.59 Å². The molecule has 0 saturated carbocycles. The molecule has 0 unspecified atom stereocenters. The number of hydrogen-bond donors (Lipinski definition) is 1. The number of aryl methyl sites for hydroxylation is 2. The molecule has 0 aliphatic carbocycles. The predicted octanol–water partition coefficient (Wildman–Crippen LogP) is 3.93. The number of benzene rings is 2. The molecule has 0 heterocycles. The molecule has 0 aliphatic heterocycles. The summed E-state index contributed by atoms with van der Waals surface area (Å²) in [5.41, 5.74) is 4.24. The number of rotatable bonds is 9. The zero-order valence-electron chi connectivity index (χ0n) is 18.1. The van der Waals surface area contributed by atoms with Gasteiger partial charge in [0.15, 0.2) is 6.61 Å². The van der Waals surface area contributed by atoms with E-state index < -0.39 is 6.04 Å². The number of hydrogen-bond acceptors (Lipinski definition) is 3. The average Bonchev–Trinajstić information content (AvgIpc) is 2.69. The minimum absolute atomic E-state index is 0.105. The van der Waals surface area contributed by atoms with Crippen molar-refractivity contribution in [3.8, 4) is 5.75 Å². The molecule has 0 aromatic heterocycles. The van der Waals surface area contributed by atoms with Crippen molar-refractivity contribution in [1.82, 2.24) is 10.2 Å². The maximum Gasteiger partial charge on any atom is 0.261 e. The fourth-order valence-corrected chi connectivity index (χ4v) is 3.32. The standard InChI is InChI=1S/C24H32N2O3/c1-6-21(24(28)25-7-2)26(15-20-12-8-10-17(3)14-20)23(27)16-29-22-13-9-11-18(4)19(22)5/h8-14,21H,6-7,15-16H2,1-5H3,(H,25,28)/t21-/m1/s1. The minimum Gasteiger partial charge on any atom is -0.483 e. The van der Waals surface area contributed by atoms with Crippen LogP contribution < -0.4 is 10.1 Å². The molecular weight excluding hydrogens is 364 g/mol. The molecule has 1 atom stereocenters. The van der Waals surface area contributed by atoms with E-state index in [-0.39, 0.29) is 18.4 Å². The van der Waals surface area contributed by atoms with Crippen LogP contribution in [-0.4, -0.2) is 35.9 Å². The maximum atomic E-state index is 13.1.